The number of carbonyl (C=O) groups excluding carboxylic acids is 1. The Kier molecular flexibility index (Phi) is 8.66. The molecule has 5 rings (SSSR count). The predicted octanol–water partition coefficient (Wildman–Crippen LogP) is 5.85. The molecule has 1 aromatic carbocycles. The van der Waals surface area contributed by atoms with E-state index in [1.807, 2.05) is 6.07 Å². The van der Waals surface area contributed by atoms with Crippen molar-refractivity contribution in [3.63, 3.8) is 0 Å². The van der Waals surface area contributed by atoms with Crippen molar-refractivity contribution in [3.05, 3.63) is 71.4 Å². The summed E-state index contributed by atoms with van der Waals surface area (Å²) in [4.78, 5) is 21.3. The fourth-order valence-electron chi connectivity index (χ4n) is 5.69. The number of hydrogen-bond acceptors (Lipinski definition) is 6. The number of hydrogen-bond donors (Lipinski definition) is 2. The molecule has 1 saturated carbocycles. The number of pyridine rings is 2. The van der Waals surface area contributed by atoms with Gasteiger partial charge < -0.3 is 20.5 Å². The number of amides is 1. The maximum Gasteiger partial charge on any atom is 0.274 e. The van der Waals surface area contributed by atoms with Gasteiger partial charge in [-0.05, 0) is 73.6 Å². The molecule has 2 fully saturated rings. The Morgan fingerprint density at radius 3 is 2.55 bits per heavy atom. The summed E-state index contributed by atoms with van der Waals surface area (Å²) >= 11 is 0. The minimum Gasteiger partial charge on any atom is -0.493 e. The Labute approximate surface area is 231 Å². The molecule has 0 bridgehead atoms. The number of carbonyl (C=O) groups is 1. The number of benzene rings is 1. The van der Waals surface area contributed by atoms with Gasteiger partial charge in [0, 0.05) is 37.6 Å². The zero-order chi connectivity index (χ0) is 28.2. The zero-order valence-corrected chi connectivity index (χ0v) is 22.3. The summed E-state index contributed by atoms with van der Waals surface area (Å²) < 4.78 is 55.9. The largest absolute Gasteiger partial charge is 0.493 e. The molecule has 1 aliphatic carbocycles. The van der Waals surface area contributed by atoms with Gasteiger partial charge >= 0.3 is 0 Å². The van der Waals surface area contributed by atoms with Crippen molar-refractivity contribution >= 4 is 11.6 Å². The highest BCUT2D eigenvalue weighted by Crippen LogP contribution is 2.38. The topological polar surface area (TPSA) is 99.4 Å². The number of nitrogens with two attached hydrogens (primary N) is 1. The second kappa shape index (κ2) is 12.3. The summed E-state index contributed by atoms with van der Waals surface area (Å²) in [5.74, 6) is -2.88. The second-order valence-corrected chi connectivity index (χ2v) is 10.8. The summed E-state index contributed by atoms with van der Waals surface area (Å²) in [5, 5.41) is 2.79. The number of anilines is 1. The van der Waals surface area contributed by atoms with E-state index < -0.39 is 34.6 Å². The van der Waals surface area contributed by atoms with E-state index in [1.54, 1.807) is 12.4 Å². The van der Waals surface area contributed by atoms with E-state index in [4.69, 9.17) is 15.2 Å². The van der Waals surface area contributed by atoms with Gasteiger partial charge in [0.1, 0.15) is 34.6 Å². The first-order valence-electron chi connectivity index (χ1n) is 13.7. The number of nitrogens with zero attached hydrogens (tertiary/aromatic N) is 2. The average Bonchev–Trinajstić information content (AvgIpc) is 2.93. The molecule has 3 atom stereocenters. The van der Waals surface area contributed by atoms with Gasteiger partial charge in [-0.15, -0.1) is 0 Å². The molecule has 0 radical (unpaired) electrons. The first-order chi connectivity index (χ1) is 19.3. The predicted molar refractivity (Wildman–Crippen MR) is 145 cm³/mol. The lowest BCUT2D eigenvalue weighted by atomic mass is 9.76. The molecule has 3 aromatic rings. The maximum absolute atomic E-state index is 15.1. The summed E-state index contributed by atoms with van der Waals surface area (Å²) in [5.41, 5.74) is 6.18. The molecular weight excluding hydrogens is 521 g/mol. The van der Waals surface area contributed by atoms with Crippen LogP contribution in [0.4, 0.5) is 18.9 Å². The third-order valence-electron chi connectivity index (χ3n) is 7.68. The number of rotatable bonds is 7. The molecule has 40 heavy (non-hydrogen) atoms. The first-order valence-corrected chi connectivity index (χ1v) is 13.7. The molecule has 10 heteroatoms. The van der Waals surface area contributed by atoms with Gasteiger partial charge in [-0.25, -0.2) is 18.2 Å². The molecule has 0 spiro atoms. The van der Waals surface area contributed by atoms with Crippen LogP contribution in [0.2, 0.25) is 0 Å². The van der Waals surface area contributed by atoms with Gasteiger partial charge in [0.25, 0.3) is 5.91 Å². The van der Waals surface area contributed by atoms with E-state index in [2.05, 4.69) is 22.2 Å². The van der Waals surface area contributed by atoms with Crippen LogP contribution in [0, 0.1) is 29.3 Å². The minimum absolute atomic E-state index is 0.000374. The Morgan fingerprint density at radius 1 is 1.07 bits per heavy atom. The van der Waals surface area contributed by atoms with E-state index in [-0.39, 0.29) is 29.3 Å². The monoisotopic (exact) mass is 554 g/mol. The van der Waals surface area contributed by atoms with Crippen molar-refractivity contribution in [1.29, 1.82) is 0 Å². The normalized spacial score (nSPS) is 21.7. The Morgan fingerprint density at radius 2 is 1.82 bits per heavy atom. The van der Waals surface area contributed by atoms with Gasteiger partial charge in [0.15, 0.2) is 0 Å². The third kappa shape index (κ3) is 6.45. The summed E-state index contributed by atoms with van der Waals surface area (Å²) in [6, 6.07) is 6.06. The fourth-order valence-corrected chi connectivity index (χ4v) is 5.69. The van der Waals surface area contributed by atoms with Crippen LogP contribution in [0.3, 0.4) is 0 Å². The molecule has 3 N–H and O–H groups in total. The van der Waals surface area contributed by atoms with Crippen LogP contribution in [0.1, 0.15) is 61.0 Å². The van der Waals surface area contributed by atoms with Crippen LogP contribution < -0.4 is 15.8 Å². The maximum atomic E-state index is 15.1. The molecular formula is C30H33F3N4O3. The van der Waals surface area contributed by atoms with Crippen molar-refractivity contribution in [1.82, 2.24) is 9.97 Å². The SMILES string of the molecule is C[C@@H]1C[C@H](N)C[C@H](c2ccncc2NC(=O)c2ccc(F)c(-c3c(F)cc(OCC4CCOCC4)cc3F)n2)C1. The first kappa shape index (κ1) is 28.0. The van der Waals surface area contributed by atoms with Gasteiger partial charge in [-0.3, -0.25) is 9.78 Å². The molecule has 1 saturated heterocycles. The zero-order valence-electron chi connectivity index (χ0n) is 22.3. The smallest absolute Gasteiger partial charge is 0.274 e. The fraction of sp³-hybridized carbons (Fsp3) is 0.433. The van der Waals surface area contributed by atoms with Crippen LogP contribution >= 0.6 is 0 Å². The van der Waals surface area contributed by atoms with E-state index >= 15 is 8.78 Å². The lowest BCUT2D eigenvalue weighted by molar-refractivity contribution is 0.0496. The van der Waals surface area contributed by atoms with Gasteiger partial charge in [0.05, 0.1) is 24.1 Å². The van der Waals surface area contributed by atoms with E-state index in [1.165, 1.54) is 6.07 Å². The number of ether oxygens (including phenoxy) is 2. The van der Waals surface area contributed by atoms with Crippen molar-refractivity contribution in [2.24, 2.45) is 17.6 Å². The quantitative estimate of drug-likeness (QED) is 0.380. The van der Waals surface area contributed by atoms with E-state index in [0.29, 0.717) is 31.4 Å². The van der Waals surface area contributed by atoms with Crippen LogP contribution in [-0.2, 0) is 4.74 Å². The average molecular weight is 555 g/mol. The summed E-state index contributed by atoms with van der Waals surface area (Å²) in [6.45, 7) is 3.70. The Bertz CT molecular complexity index is 1330. The van der Waals surface area contributed by atoms with Gasteiger partial charge in [0.2, 0.25) is 0 Å². The van der Waals surface area contributed by atoms with Crippen LogP contribution in [0.15, 0.2) is 42.7 Å². The third-order valence-corrected chi connectivity index (χ3v) is 7.68. The molecule has 2 aromatic heterocycles. The van der Waals surface area contributed by atoms with Crippen molar-refractivity contribution < 1.29 is 27.4 Å². The highest BCUT2D eigenvalue weighted by Gasteiger charge is 2.28. The molecule has 1 aliphatic heterocycles. The number of halogens is 3. The number of nitrogens with one attached hydrogen (secondary N) is 1. The second-order valence-electron chi connectivity index (χ2n) is 10.8. The summed E-state index contributed by atoms with van der Waals surface area (Å²) in [6.07, 6.45) is 7.47. The summed E-state index contributed by atoms with van der Waals surface area (Å²) in [7, 11) is 0. The van der Waals surface area contributed by atoms with Gasteiger partial charge in [-0.2, -0.15) is 0 Å². The van der Waals surface area contributed by atoms with Crippen LogP contribution in [0.25, 0.3) is 11.3 Å². The molecule has 0 unspecified atom stereocenters. The van der Waals surface area contributed by atoms with E-state index in [0.717, 1.165) is 55.9 Å². The Hall–Kier alpha value is -3.50. The lowest BCUT2D eigenvalue weighted by Gasteiger charge is -2.32. The van der Waals surface area contributed by atoms with Crippen molar-refractivity contribution in [2.45, 2.75) is 51.0 Å². The van der Waals surface area contributed by atoms with Crippen LogP contribution in [0.5, 0.6) is 5.75 Å². The standard InChI is InChI=1S/C30H33F3N4O3/c1-17-10-19(12-20(34)11-17)22-4-7-35-15-27(22)37-30(38)26-3-2-23(31)29(36-26)28-24(32)13-21(14-25(28)33)40-16-18-5-8-39-9-6-18/h2-4,7,13-15,17-20H,5-6,8-12,16,34H2,1H3,(H,37,38)/t17-,19+,20-/m0/s1. The van der Waals surface area contributed by atoms with Crippen molar-refractivity contribution in [2.75, 3.05) is 25.1 Å². The van der Waals surface area contributed by atoms with Crippen LogP contribution in [-0.4, -0.2) is 41.7 Å². The molecule has 1 amide bonds. The highest BCUT2D eigenvalue weighted by atomic mass is 19.1. The Balaban J connectivity index is 1.35. The molecule has 212 valence electrons. The molecule has 3 heterocycles. The highest BCUT2D eigenvalue weighted by molar-refractivity contribution is 6.03. The number of aromatic nitrogens is 2. The minimum atomic E-state index is -1.04. The van der Waals surface area contributed by atoms with Crippen molar-refractivity contribution in [3.8, 4) is 17.0 Å². The lowest BCUT2D eigenvalue weighted by Crippen LogP contribution is -2.31. The van der Waals surface area contributed by atoms with E-state index in [9.17, 15) is 9.18 Å². The molecule has 7 nitrogen and oxygen atoms in total. The van der Waals surface area contributed by atoms with Gasteiger partial charge in [-0.1, -0.05) is 6.92 Å². The molecule has 2 aliphatic rings.